The van der Waals surface area contributed by atoms with E-state index in [1.807, 2.05) is 37.3 Å². The highest BCUT2D eigenvalue weighted by Crippen LogP contribution is 2.17. The zero-order valence-electron chi connectivity index (χ0n) is 10.9. The molecule has 0 saturated carbocycles. The zero-order chi connectivity index (χ0) is 14.4. The van der Waals surface area contributed by atoms with Crippen molar-refractivity contribution in [1.29, 1.82) is 5.26 Å². The average Bonchev–Trinajstić information content (AvgIpc) is 2.44. The fraction of sp³-hybridized carbons (Fsp3) is 0.214. The maximum atomic E-state index is 8.59. The number of nitrogens with zero attached hydrogens (tertiary/aromatic N) is 3. The molecule has 4 nitrogen and oxygen atoms in total. The van der Waals surface area contributed by atoms with Gasteiger partial charge in [0, 0.05) is 23.3 Å². The molecule has 1 aromatic carbocycles. The lowest BCUT2D eigenvalue weighted by molar-refractivity contribution is 0.925. The molecule has 1 N–H and O–H groups in total. The number of hydrogen-bond acceptors (Lipinski definition) is 5. The van der Waals surface area contributed by atoms with Gasteiger partial charge in [-0.15, -0.1) is 0 Å². The standard InChI is InChI=1S/C14H13ClN4S/c1-10-8-13(19-14(18-10)20-7-6-16)17-9-11-2-4-12(15)5-3-11/h2-5,8H,7,9H2,1H3,(H,17,18,19). The van der Waals surface area contributed by atoms with Gasteiger partial charge in [0.05, 0.1) is 11.8 Å². The molecule has 1 aromatic heterocycles. The number of aromatic nitrogens is 2. The lowest BCUT2D eigenvalue weighted by Gasteiger charge is -2.08. The largest absolute Gasteiger partial charge is 0.366 e. The molecule has 0 spiro atoms. The Hall–Kier alpha value is -1.77. The number of hydrogen-bond donors (Lipinski definition) is 1. The van der Waals surface area contributed by atoms with Crippen LogP contribution in [0.4, 0.5) is 5.82 Å². The fourth-order valence-corrected chi connectivity index (χ4v) is 2.28. The third-order valence-corrected chi connectivity index (χ3v) is 3.45. The summed E-state index contributed by atoms with van der Waals surface area (Å²) >= 11 is 7.18. The monoisotopic (exact) mass is 304 g/mol. The SMILES string of the molecule is Cc1cc(NCc2ccc(Cl)cc2)nc(SCC#N)n1. The van der Waals surface area contributed by atoms with Crippen LogP contribution in [0.2, 0.25) is 5.02 Å². The van der Waals surface area contributed by atoms with Crippen LogP contribution in [-0.4, -0.2) is 15.7 Å². The van der Waals surface area contributed by atoms with Crippen LogP contribution in [0, 0.1) is 18.3 Å². The number of aryl methyl sites for hydroxylation is 1. The average molecular weight is 305 g/mol. The van der Waals surface area contributed by atoms with Gasteiger partial charge < -0.3 is 5.32 Å². The lowest BCUT2D eigenvalue weighted by atomic mass is 10.2. The van der Waals surface area contributed by atoms with Crippen LogP contribution >= 0.6 is 23.4 Å². The first-order chi connectivity index (χ1) is 9.67. The quantitative estimate of drug-likeness (QED) is 0.674. The van der Waals surface area contributed by atoms with Crippen molar-refractivity contribution in [1.82, 2.24) is 9.97 Å². The second kappa shape index (κ2) is 7.13. The van der Waals surface area contributed by atoms with E-state index in [9.17, 15) is 0 Å². The van der Waals surface area contributed by atoms with Crippen LogP contribution in [0.3, 0.4) is 0 Å². The molecule has 0 fully saturated rings. The van der Waals surface area contributed by atoms with E-state index in [0.717, 1.165) is 22.1 Å². The molecule has 0 saturated heterocycles. The summed E-state index contributed by atoms with van der Waals surface area (Å²) in [6.45, 7) is 2.57. The predicted molar refractivity (Wildman–Crippen MR) is 81.9 cm³/mol. The van der Waals surface area contributed by atoms with Gasteiger partial charge in [0.15, 0.2) is 5.16 Å². The summed E-state index contributed by atoms with van der Waals surface area (Å²) in [6.07, 6.45) is 0. The molecule has 0 atom stereocenters. The summed E-state index contributed by atoms with van der Waals surface area (Å²) in [6, 6.07) is 11.6. The first-order valence-corrected chi connectivity index (χ1v) is 7.37. The van der Waals surface area contributed by atoms with Crippen molar-refractivity contribution in [3.63, 3.8) is 0 Å². The van der Waals surface area contributed by atoms with E-state index in [1.165, 1.54) is 11.8 Å². The third kappa shape index (κ3) is 4.41. The van der Waals surface area contributed by atoms with E-state index in [4.69, 9.17) is 16.9 Å². The van der Waals surface area contributed by atoms with Crippen molar-refractivity contribution in [2.75, 3.05) is 11.1 Å². The van der Waals surface area contributed by atoms with Crippen LogP contribution in [-0.2, 0) is 6.54 Å². The Morgan fingerprint density at radius 1 is 1.30 bits per heavy atom. The Morgan fingerprint density at radius 3 is 2.75 bits per heavy atom. The van der Waals surface area contributed by atoms with Gasteiger partial charge in [-0.3, -0.25) is 0 Å². The predicted octanol–water partition coefficient (Wildman–Crippen LogP) is 3.67. The molecule has 0 amide bonds. The van der Waals surface area contributed by atoms with Crippen molar-refractivity contribution in [3.05, 3.63) is 46.6 Å². The molecule has 6 heteroatoms. The second-order valence-corrected chi connectivity index (χ2v) is 5.48. The van der Waals surface area contributed by atoms with Crippen molar-refractivity contribution < 1.29 is 0 Å². The van der Waals surface area contributed by atoms with Crippen LogP contribution in [0.25, 0.3) is 0 Å². The highest BCUT2D eigenvalue weighted by atomic mass is 35.5. The van der Waals surface area contributed by atoms with Gasteiger partial charge in [0.25, 0.3) is 0 Å². The Labute approximate surface area is 127 Å². The molecular weight excluding hydrogens is 292 g/mol. The maximum Gasteiger partial charge on any atom is 0.190 e. The number of rotatable bonds is 5. The summed E-state index contributed by atoms with van der Waals surface area (Å²) in [5.74, 6) is 1.10. The first-order valence-electron chi connectivity index (χ1n) is 6.01. The molecule has 0 aliphatic rings. The molecule has 0 radical (unpaired) electrons. The number of nitriles is 1. The molecule has 20 heavy (non-hydrogen) atoms. The van der Waals surface area contributed by atoms with E-state index >= 15 is 0 Å². The van der Waals surface area contributed by atoms with Crippen molar-refractivity contribution >= 4 is 29.2 Å². The molecule has 2 aromatic rings. The second-order valence-electron chi connectivity index (χ2n) is 4.10. The number of halogens is 1. The van der Waals surface area contributed by atoms with Crippen molar-refractivity contribution in [2.45, 2.75) is 18.6 Å². The van der Waals surface area contributed by atoms with Crippen molar-refractivity contribution in [2.24, 2.45) is 0 Å². The van der Waals surface area contributed by atoms with Gasteiger partial charge in [-0.25, -0.2) is 9.97 Å². The summed E-state index contributed by atoms with van der Waals surface area (Å²) in [7, 11) is 0. The molecule has 1 heterocycles. The summed E-state index contributed by atoms with van der Waals surface area (Å²) in [5, 5.41) is 13.2. The molecule has 2 rings (SSSR count). The van der Waals surface area contributed by atoms with Gasteiger partial charge in [-0.1, -0.05) is 35.5 Å². The molecule has 102 valence electrons. The minimum Gasteiger partial charge on any atom is -0.366 e. The van der Waals surface area contributed by atoms with E-state index in [-0.39, 0.29) is 0 Å². The summed E-state index contributed by atoms with van der Waals surface area (Å²) in [5.41, 5.74) is 2.00. The highest BCUT2D eigenvalue weighted by Gasteiger charge is 2.03. The summed E-state index contributed by atoms with van der Waals surface area (Å²) in [4.78, 5) is 8.65. The summed E-state index contributed by atoms with van der Waals surface area (Å²) < 4.78 is 0. The van der Waals surface area contributed by atoms with Crippen LogP contribution < -0.4 is 5.32 Å². The van der Waals surface area contributed by atoms with Gasteiger partial charge in [0.1, 0.15) is 5.82 Å². The van der Waals surface area contributed by atoms with Crippen LogP contribution in [0.15, 0.2) is 35.5 Å². The van der Waals surface area contributed by atoms with Gasteiger partial charge >= 0.3 is 0 Å². The smallest absolute Gasteiger partial charge is 0.190 e. The van der Waals surface area contributed by atoms with Gasteiger partial charge in [0.2, 0.25) is 0 Å². The van der Waals surface area contributed by atoms with E-state index in [0.29, 0.717) is 17.5 Å². The van der Waals surface area contributed by atoms with E-state index < -0.39 is 0 Å². The number of benzene rings is 1. The minimum atomic E-state index is 0.347. The number of thioether (sulfide) groups is 1. The van der Waals surface area contributed by atoms with Gasteiger partial charge in [-0.2, -0.15) is 5.26 Å². The fourth-order valence-electron chi connectivity index (χ4n) is 1.59. The normalized spacial score (nSPS) is 10.1. The molecule has 0 unspecified atom stereocenters. The lowest BCUT2D eigenvalue weighted by Crippen LogP contribution is -2.03. The van der Waals surface area contributed by atoms with Crippen LogP contribution in [0.5, 0.6) is 0 Å². The minimum absolute atomic E-state index is 0.347. The van der Waals surface area contributed by atoms with E-state index in [1.54, 1.807) is 0 Å². The molecule has 0 aliphatic carbocycles. The van der Waals surface area contributed by atoms with Gasteiger partial charge in [-0.05, 0) is 24.6 Å². The molecule has 0 bridgehead atoms. The first kappa shape index (κ1) is 14.6. The third-order valence-electron chi connectivity index (χ3n) is 2.49. The molecular formula is C14H13ClN4S. The number of nitrogens with one attached hydrogen (secondary N) is 1. The maximum absolute atomic E-state index is 8.59. The van der Waals surface area contributed by atoms with Crippen molar-refractivity contribution in [3.8, 4) is 6.07 Å². The Balaban J connectivity index is 2.03. The Bertz CT molecular complexity index is 622. The van der Waals surface area contributed by atoms with Crippen LogP contribution in [0.1, 0.15) is 11.3 Å². The van der Waals surface area contributed by atoms with E-state index in [2.05, 4.69) is 21.4 Å². The Kier molecular flexibility index (Phi) is 5.22. The topological polar surface area (TPSA) is 61.6 Å². The number of anilines is 1. The Morgan fingerprint density at radius 2 is 2.05 bits per heavy atom. The molecule has 0 aliphatic heterocycles. The zero-order valence-corrected chi connectivity index (χ0v) is 12.5. The highest BCUT2D eigenvalue weighted by molar-refractivity contribution is 7.99.